The molecule has 3 aromatic rings. The molecule has 142 valence electrons. The maximum atomic E-state index is 13.0. The van der Waals surface area contributed by atoms with Crippen LogP contribution in [0.1, 0.15) is 23.5 Å². The molecular formula is C24H23NO3. The highest BCUT2D eigenvalue weighted by molar-refractivity contribution is 6.03. The van der Waals surface area contributed by atoms with Crippen molar-refractivity contribution in [1.29, 1.82) is 0 Å². The van der Waals surface area contributed by atoms with Crippen LogP contribution in [0.15, 0.2) is 67.3 Å². The van der Waals surface area contributed by atoms with E-state index in [1.165, 1.54) is 16.3 Å². The number of hydrogen-bond donors (Lipinski definition) is 0. The first-order valence-corrected chi connectivity index (χ1v) is 9.32. The van der Waals surface area contributed by atoms with Gasteiger partial charge in [-0.15, -0.1) is 6.58 Å². The lowest BCUT2D eigenvalue weighted by molar-refractivity contribution is -0.119. The number of methoxy groups -OCH3 is 2. The van der Waals surface area contributed by atoms with E-state index in [-0.39, 0.29) is 11.8 Å². The molecule has 1 unspecified atom stereocenters. The number of carbonyl (C=O) groups is 1. The lowest BCUT2D eigenvalue weighted by atomic mass is 9.81. The fraction of sp³-hybridized carbons (Fsp3) is 0.208. The summed E-state index contributed by atoms with van der Waals surface area (Å²) in [4.78, 5) is 14.8. The van der Waals surface area contributed by atoms with E-state index in [9.17, 15) is 4.79 Å². The largest absolute Gasteiger partial charge is 0.493 e. The first-order chi connectivity index (χ1) is 13.7. The highest BCUT2D eigenvalue weighted by Gasteiger charge is 2.33. The zero-order valence-electron chi connectivity index (χ0n) is 16.1. The average Bonchev–Trinajstić information content (AvgIpc) is 2.74. The number of ether oxygens (including phenoxy) is 2. The SMILES string of the molecule is C=CCN1C(=O)CC(c2ccc(OC)c(OC)c2)c2c1ccc1ccccc21. The number of anilines is 1. The van der Waals surface area contributed by atoms with Gasteiger partial charge in [0.25, 0.3) is 0 Å². The van der Waals surface area contributed by atoms with Crippen LogP contribution in [0.2, 0.25) is 0 Å². The minimum atomic E-state index is -0.0468. The summed E-state index contributed by atoms with van der Waals surface area (Å²) in [6.45, 7) is 4.32. The molecule has 0 spiro atoms. The molecule has 0 bridgehead atoms. The van der Waals surface area contributed by atoms with Gasteiger partial charge in [-0.05, 0) is 40.1 Å². The third-order valence-corrected chi connectivity index (χ3v) is 5.39. The van der Waals surface area contributed by atoms with E-state index >= 15 is 0 Å². The number of rotatable bonds is 5. The molecule has 3 aromatic carbocycles. The van der Waals surface area contributed by atoms with Gasteiger partial charge in [0.2, 0.25) is 5.91 Å². The minimum absolute atomic E-state index is 0.0468. The Morgan fingerprint density at radius 3 is 2.61 bits per heavy atom. The van der Waals surface area contributed by atoms with Crippen LogP contribution in [-0.2, 0) is 4.79 Å². The van der Waals surface area contributed by atoms with E-state index in [1.54, 1.807) is 20.3 Å². The van der Waals surface area contributed by atoms with Crippen LogP contribution in [0.4, 0.5) is 5.69 Å². The Labute approximate surface area is 165 Å². The molecular weight excluding hydrogens is 350 g/mol. The summed E-state index contributed by atoms with van der Waals surface area (Å²) in [6.07, 6.45) is 2.18. The second-order valence-corrected chi connectivity index (χ2v) is 6.88. The zero-order chi connectivity index (χ0) is 19.7. The van der Waals surface area contributed by atoms with Crippen LogP contribution in [0.5, 0.6) is 11.5 Å². The number of benzene rings is 3. The van der Waals surface area contributed by atoms with Crippen molar-refractivity contribution >= 4 is 22.4 Å². The highest BCUT2D eigenvalue weighted by atomic mass is 16.5. The third kappa shape index (κ3) is 2.91. The Morgan fingerprint density at radius 2 is 1.86 bits per heavy atom. The lowest BCUT2D eigenvalue weighted by Crippen LogP contribution is -2.37. The quantitative estimate of drug-likeness (QED) is 0.597. The van der Waals surface area contributed by atoms with Crippen LogP contribution in [0.25, 0.3) is 10.8 Å². The fourth-order valence-electron chi connectivity index (χ4n) is 4.09. The van der Waals surface area contributed by atoms with E-state index in [1.807, 2.05) is 41.3 Å². The van der Waals surface area contributed by atoms with Crippen LogP contribution < -0.4 is 14.4 Å². The van der Waals surface area contributed by atoms with Crippen molar-refractivity contribution in [1.82, 2.24) is 0 Å². The molecule has 4 heteroatoms. The molecule has 0 saturated heterocycles. The van der Waals surface area contributed by atoms with E-state index in [2.05, 4.69) is 24.8 Å². The monoisotopic (exact) mass is 373 g/mol. The number of amides is 1. The molecule has 4 rings (SSSR count). The van der Waals surface area contributed by atoms with E-state index in [0.717, 1.165) is 11.3 Å². The van der Waals surface area contributed by atoms with Gasteiger partial charge in [0, 0.05) is 24.6 Å². The molecule has 0 saturated carbocycles. The van der Waals surface area contributed by atoms with Crippen LogP contribution in [0, 0.1) is 0 Å². The van der Waals surface area contributed by atoms with Gasteiger partial charge >= 0.3 is 0 Å². The van der Waals surface area contributed by atoms with Crippen molar-refractivity contribution in [2.24, 2.45) is 0 Å². The predicted molar refractivity (Wildman–Crippen MR) is 113 cm³/mol. The van der Waals surface area contributed by atoms with Crippen molar-refractivity contribution in [3.63, 3.8) is 0 Å². The van der Waals surface area contributed by atoms with Crippen molar-refractivity contribution in [3.8, 4) is 11.5 Å². The molecule has 0 fully saturated rings. The first-order valence-electron chi connectivity index (χ1n) is 9.32. The molecule has 1 aliphatic heterocycles. The molecule has 0 radical (unpaired) electrons. The second kappa shape index (κ2) is 7.39. The summed E-state index contributed by atoms with van der Waals surface area (Å²) >= 11 is 0. The molecule has 0 aromatic heterocycles. The molecule has 1 aliphatic rings. The molecule has 1 atom stereocenters. The smallest absolute Gasteiger partial charge is 0.228 e. The molecule has 0 aliphatic carbocycles. The van der Waals surface area contributed by atoms with Crippen molar-refractivity contribution in [3.05, 3.63) is 78.4 Å². The Kier molecular flexibility index (Phi) is 4.78. The fourth-order valence-corrected chi connectivity index (χ4v) is 4.09. The average molecular weight is 373 g/mol. The molecule has 1 amide bonds. The highest BCUT2D eigenvalue weighted by Crippen LogP contribution is 2.45. The second-order valence-electron chi connectivity index (χ2n) is 6.88. The normalized spacial score (nSPS) is 16.0. The summed E-state index contributed by atoms with van der Waals surface area (Å²) in [5.41, 5.74) is 3.17. The van der Waals surface area contributed by atoms with Gasteiger partial charge in [-0.25, -0.2) is 0 Å². The van der Waals surface area contributed by atoms with Gasteiger partial charge in [-0.2, -0.15) is 0 Å². The Hall–Kier alpha value is -3.27. The summed E-state index contributed by atoms with van der Waals surface area (Å²) in [7, 11) is 3.25. The summed E-state index contributed by atoms with van der Waals surface area (Å²) in [5, 5.41) is 2.33. The Morgan fingerprint density at radius 1 is 1.07 bits per heavy atom. The number of nitrogens with zero attached hydrogens (tertiary/aromatic N) is 1. The van der Waals surface area contributed by atoms with Gasteiger partial charge < -0.3 is 14.4 Å². The summed E-state index contributed by atoms with van der Waals surface area (Å²) in [6, 6.07) is 18.3. The minimum Gasteiger partial charge on any atom is -0.493 e. The van der Waals surface area contributed by atoms with E-state index in [4.69, 9.17) is 9.47 Å². The van der Waals surface area contributed by atoms with Crippen molar-refractivity contribution in [2.45, 2.75) is 12.3 Å². The Balaban J connectivity index is 1.95. The number of hydrogen-bond acceptors (Lipinski definition) is 3. The van der Waals surface area contributed by atoms with E-state index < -0.39 is 0 Å². The van der Waals surface area contributed by atoms with Gasteiger partial charge in [0.1, 0.15) is 0 Å². The summed E-state index contributed by atoms with van der Waals surface area (Å²) < 4.78 is 10.9. The van der Waals surface area contributed by atoms with Crippen LogP contribution in [-0.4, -0.2) is 26.7 Å². The zero-order valence-corrected chi connectivity index (χ0v) is 16.1. The van der Waals surface area contributed by atoms with Crippen molar-refractivity contribution < 1.29 is 14.3 Å². The topological polar surface area (TPSA) is 38.8 Å². The number of carbonyl (C=O) groups excluding carboxylic acids is 1. The van der Waals surface area contributed by atoms with Crippen molar-refractivity contribution in [2.75, 3.05) is 25.7 Å². The lowest BCUT2D eigenvalue weighted by Gasteiger charge is -2.35. The van der Waals surface area contributed by atoms with Gasteiger partial charge in [-0.3, -0.25) is 4.79 Å². The van der Waals surface area contributed by atoms with Crippen LogP contribution in [0.3, 0.4) is 0 Å². The van der Waals surface area contributed by atoms with E-state index in [0.29, 0.717) is 24.5 Å². The van der Waals surface area contributed by atoms with Gasteiger partial charge in [0.15, 0.2) is 11.5 Å². The molecule has 1 heterocycles. The standard InChI is InChI=1S/C24H23NO3/c1-4-13-25-20-11-9-16-7-5-6-8-18(16)24(20)19(15-23(25)26)17-10-12-21(27-2)22(14-17)28-3/h4-12,14,19H,1,13,15H2,2-3H3. The molecule has 0 N–H and O–H groups in total. The van der Waals surface area contributed by atoms with Gasteiger partial charge in [0.05, 0.1) is 14.2 Å². The maximum absolute atomic E-state index is 13.0. The van der Waals surface area contributed by atoms with Crippen LogP contribution >= 0.6 is 0 Å². The third-order valence-electron chi connectivity index (χ3n) is 5.39. The molecule has 28 heavy (non-hydrogen) atoms. The first kappa shape index (κ1) is 18.1. The number of fused-ring (bicyclic) bond motifs is 3. The molecule has 4 nitrogen and oxygen atoms in total. The summed E-state index contributed by atoms with van der Waals surface area (Å²) in [5.74, 6) is 1.40. The predicted octanol–water partition coefficient (Wildman–Crippen LogP) is 4.91. The maximum Gasteiger partial charge on any atom is 0.228 e. The Bertz CT molecular complexity index is 1060. The van der Waals surface area contributed by atoms with Gasteiger partial charge in [-0.1, -0.05) is 42.5 Å².